The Balaban J connectivity index is 2.14. The highest BCUT2D eigenvalue weighted by Crippen LogP contribution is 2.38. The molecule has 0 saturated carbocycles. The molecule has 0 spiro atoms. The van der Waals surface area contributed by atoms with Crippen molar-refractivity contribution in [1.29, 1.82) is 0 Å². The molecular formula is C20H25F6N3O4. The van der Waals surface area contributed by atoms with Gasteiger partial charge in [0.25, 0.3) is 0 Å². The number of rotatable bonds is 7. The van der Waals surface area contributed by atoms with Crippen LogP contribution in [-0.2, 0) is 26.7 Å². The van der Waals surface area contributed by atoms with E-state index in [1.807, 2.05) is 0 Å². The van der Waals surface area contributed by atoms with Crippen molar-refractivity contribution in [3.63, 3.8) is 0 Å². The van der Waals surface area contributed by atoms with Crippen molar-refractivity contribution >= 4 is 11.8 Å². The van der Waals surface area contributed by atoms with Gasteiger partial charge in [0.15, 0.2) is 0 Å². The second-order valence-corrected chi connectivity index (χ2v) is 8.36. The summed E-state index contributed by atoms with van der Waals surface area (Å²) in [6.45, 7) is 1.95. The van der Waals surface area contributed by atoms with Crippen LogP contribution in [0, 0.1) is 0 Å². The van der Waals surface area contributed by atoms with Gasteiger partial charge in [-0.05, 0) is 50.5 Å². The summed E-state index contributed by atoms with van der Waals surface area (Å²) < 4.78 is 84.1. The first-order valence-corrected chi connectivity index (χ1v) is 9.89. The minimum Gasteiger partial charge on any atom is -0.387 e. The van der Waals surface area contributed by atoms with E-state index in [0.717, 1.165) is 0 Å². The number of nitrogens with two attached hydrogens (primary N) is 1. The zero-order valence-electron chi connectivity index (χ0n) is 17.9. The Bertz CT molecular complexity index is 847. The standard InChI is InChI=1S/C20H25F6N3O4/c1-11(12-5-13(19(21,22)23)7-14(6-12)20(24,25)26)33-10-17(2)3-4-18(9-28-17,16(27)32)29-15(31)8-30/h5-7,11,28,30H,3-4,8-10H2,1-2H3,(H2,27,32)(H,29,31). The number of carbonyl (C=O) groups is 2. The smallest absolute Gasteiger partial charge is 0.387 e. The topological polar surface area (TPSA) is 114 Å². The summed E-state index contributed by atoms with van der Waals surface area (Å²) >= 11 is 0. The van der Waals surface area contributed by atoms with Gasteiger partial charge in [0.1, 0.15) is 12.1 Å². The van der Waals surface area contributed by atoms with Crippen LogP contribution in [0.5, 0.6) is 0 Å². The van der Waals surface area contributed by atoms with Gasteiger partial charge < -0.3 is 26.2 Å². The van der Waals surface area contributed by atoms with Crippen LogP contribution in [0.3, 0.4) is 0 Å². The van der Waals surface area contributed by atoms with Crippen LogP contribution in [0.2, 0.25) is 0 Å². The van der Waals surface area contributed by atoms with Gasteiger partial charge in [0, 0.05) is 12.1 Å². The van der Waals surface area contributed by atoms with Gasteiger partial charge in [-0.3, -0.25) is 9.59 Å². The number of hydrogen-bond acceptors (Lipinski definition) is 5. The predicted molar refractivity (Wildman–Crippen MR) is 104 cm³/mol. The van der Waals surface area contributed by atoms with Crippen LogP contribution in [0.15, 0.2) is 18.2 Å². The minimum atomic E-state index is -4.97. The number of alkyl halides is 6. The van der Waals surface area contributed by atoms with E-state index in [1.54, 1.807) is 6.92 Å². The van der Waals surface area contributed by atoms with Crippen LogP contribution in [-0.4, -0.2) is 47.8 Å². The zero-order chi connectivity index (χ0) is 25.2. The molecule has 1 aromatic rings. The van der Waals surface area contributed by atoms with E-state index < -0.39 is 59.1 Å². The summed E-state index contributed by atoms with van der Waals surface area (Å²) in [5, 5.41) is 14.3. The van der Waals surface area contributed by atoms with E-state index in [9.17, 15) is 35.9 Å². The van der Waals surface area contributed by atoms with Crippen LogP contribution >= 0.6 is 0 Å². The van der Waals surface area contributed by atoms with E-state index in [-0.39, 0.29) is 37.6 Å². The average molecular weight is 485 g/mol. The third kappa shape index (κ3) is 6.58. The summed E-state index contributed by atoms with van der Waals surface area (Å²) in [4.78, 5) is 23.4. The van der Waals surface area contributed by atoms with Crippen molar-refractivity contribution in [2.45, 2.75) is 56.2 Å². The number of amides is 2. The quantitative estimate of drug-likeness (QED) is 0.443. The molecule has 3 atom stereocenters. The van der Waals surface area contributed by atoms with Crippen molar-refractivity contribution in [2.24, 2.45) is 5.73 Å². The normalized spacial score (nSPS) is 24.9. The summed E-state index contributed by atoms with van der Waals surface area (Å²) in [6.07, 6.45) is -10.7. The maximum absolute atomic E-state index is 13.1. The Labute approximate surface area is 185 Å². The predicted octanol–water partition coefficient (Wildman–Crippen LogP) is 2.28. The number of hydrogen-bond donors (Lipinski definition) is 4. The van der Waals surface area contributed by atoms with Crippen molar-refractivity contribution in [2.75, 3.05) is 19.8 Å². The molecule has 5 N–H and O–H groups in total. The van der Waals surface area contributed by atoms with Gasteiger partial charge in [0.2, 0.25) is 11.8 Å². The molecule has 33 heavy (non-hydrogen) atoms. The Hall–Kier alpha value is -2.38. The Kier molecular flexibility index (Phi) is 7.71. The first kappa shape index (κ1) is 26.9. The molecule has 3 unspecified atom stereocenters. The lowest BCUT2D eigenvalue weighted by Gasteiger charge is -2.44. The SMILES string of the molecule is CC(OCC1(C)CCC(NC(=O)CO)(C(N)=O)CN1)c1cc(C(F)(F)F)cc(C(F)(F)F)c1. The average Bonchev–Trinajstić information content (AvgIpc) is 2.72. The maximum Gasteiger partial charge on any atom is 0.416 e. The second-order valence-electron chi connectivity index (χ2n) is 8.36. The molecular weight excluding hydrogens is 460 g/mol. The molecule has 0 radical (unpaired) electrons. The number of ether oxygens (including phenoxy) is 1. The lowest BCUT2D eigenvalue weighted by Crippen LogP contribution is -2.69. The van der Waals surface area contributed by atoms with Gasteiger partial charge in [-0.15, -0.1) is 0 Å². The summed E-state index contributed by atoms with van der Waals surface area (Å²) in [6, 6.07) is 1.27. The van der Waals surface area contributed by atoms with Gasteiger partial charge in [0.05, 0.1) is 23.8 Å². The van der Waals surface area contributed by atoms with E-state index in [4.69, 9.17) is 15.6 Å². The largest absolute Gasteiger partial charge is 0.416 e. The van der Waals surface area contributed by atoms with E-state index in [1.165, 1.54) is 6.92 Å². The highest BCUT2D eigenvalue weighted by atomic mass is 19.4. The van der Waals surface area contributed by atoms with Crippen LogP contribution in [0.25, 0.3) is 0 Å². The molecule has 1 fully saturated rings. The van der Waals surface area contributed by atoms with Crippen LogP contribution in [0.1, 0.15) is 49.5 Å². The minimum absolute atomic E-state index is 0.0459. The highest BCUT2D eigenvalue weighted by molar-refractivity contribution is 5.91. The van der Waals surface area contributed by atoms with Crippen molar-refractivity contribution in [3.05, 3.63) is 34.9 Å². The maximum atomic E-state index is 13.1. The molecule has 0 aliphatic carbocycles. The molecule has 186 valence electrons. The molecule has 0 aromatic heterocycles. The number of halogens is 6. The molecule has 7 nitrogen and oxygen atoms in total. The number of piperidine rings is 1. The molecule has 0 bridgehead atoms. The number of nitrogens with one attached hydrogen (secondary N) is 2. The number of aliphatic hydroxyl groups excluding tert-OH is 1. The Morgan fingerprint density at radius 2 is 1.70 bits per heavy atom. The fourth-order valence-electron chi connectivity index (χ4n) is 3.46. The molecule has 1 aromatic carbocycles. The monoisotopic (exact) mass is 485 g/mol. The van der Waals surface area contributed by atoms with Gasteiger partial charge in [-0.25, -0.2) is 0 Å². The molecule has 13 heteroatoms. The molecule has 1 aliphatic heterocycles. The molecule has 2 rings (SSSR count). The summed E-state index contributed by atoms with van der Waals surface area (Å²) in [7, 11) is 0. The lowest BCUT2D eigenvalue weighted by atomic mass is 9.80. The van der Waals surface area contributed by atoms with Crippen LogP contribution in [0.4, 0.5) is 26.3 Å². The molecule has 1 aliphatic rings. The zero-order valence-corrected chi connectivity index (χ0v) is 17.9. The Morgan fingerprint density at radius 1 is 1.15 bits per heavy atom. The second kappa shape index (κ2) is 9.47. The molecule has 1 heterocycles. The van der Waals surface area contributed by atoms with Crippen molar-refractivity contribution in [3.8, 4) is 0 Å². The van der Waals surface area contributed by atoms with E-state index in [0.29, 0.717) is 12.1 Å². The number of aliphatic hydroxyl groups is 1. The fraction of sp³-hybridized carbons (Fsp3) is 0.600. The summed E-state index contributed by atoms with van der Waals surface area (Å²) in [5.41, 5.74) is -0.0270. The van der Waals surface area contributed by atoms with Crippen molar-refractivity contribution < 1.29 is 45.8 Å². The highest BCUT2D eigenvalue weighted by Gasteiger charge is 2.45. The van der Waals surface area contributed by atoms with E-state index in [2.05, 4.69) is 10.6 Å². The van der Waals surface area contributed by atoms with E-state index >= 15 is 0 Å². The third-order valence-electron chi connectivity index (χ3n) is 5.65. The molecule has 2 amide bonds. The van der Waals surface area contributed by atoms with Gasteiger partial charge in [-0.2, -0.15) is 26.3 Å². The number of benzene rings is 1. The Morgan fingerprint density at radius 3 is 2.09 bits per heavy atom. The first-order chi connectivity index (χ1) is 15.0. The first-order valence-electron chi connectivity index (χ1n) is 9.89. The number of carbonyl (C=O) groups excluding carboxylic acids is 2. The van der Waals surface area contributed by atoms with Gasteiger partial charge in [-0.1, -0.05) is 0 Å². The van der Waals surface area contributed by atoms with Crippen LogP contribution < -0.4 is 16.4 Å². The lowest BCUT2D eigenvalue weighted by molar-refractivity contribution is -0.143. The summed E-state index contributed by atoms with van der Waals surface area (Å²) in [5.74, 6) is -1.62. The number of primary amides is 1. The van der Waals surface area contributed by atoms with Crippen molar-refractivity contribution in [1.82, 2.24) is 10.6 Å². The molecule has 1 saturated heterocycles. The fourth-order valence-corrected chi connectivity index (χ4v) is 3.46. The third-order valence-corrected chi connectivity index (χ3v) is 5.65. The van der Waals surface area contributed by atoms with Gasteiger partial charge >= 0.3 is 12.4 Å².